The lowest BCUT2D eigenvalue weighted by molar-refractivity contribution is 0.0688. The molecule has 0 unspecified atom stereocenters. The third-order valence-corrected chi connectivity index (χ3v) is 2.40. The molecule has 1 N–H and O–H groups in total. The largest absolute Gasteiger partial charge is 0.476 e. The zero-order valence-electron chi connectivity index (χ0n) is 9.68. The number of aromatic carboxylic acids is 1. The first-order chi connectivity index (χ1) is 8.09. The first-order valence-corrected chi connectivity index (χ1v) is 5.39. The van der Waals surface area contributed by atoms with E-state index >= 15 is 0 Å². The maximum absolute atomic E-state index is 11.0. The highest BCUT2D eigenvalue weighted by atomic mass is 16.4. The number of carboxylic acid groups (broad SMARTS) is 1. The zero-order chi connectivity index (χ0) is 12.4. The predicted molar refractivity (Wildman–Crippen MR) is 63.0 cm³/mol. The van der Waals surface area contributed by atoms with E-state index in [1.165, 1.54) is 0 Å². The molecule has 4 heteroatoms. The molecule has 0 amide bonds. The van der Waals surface area contributed by atoms with Crippen LogP contribution in [0.5, 0.6) is 0 Å². The van der Waals surface area contributed by atoms with Gasteiger partial charge in [0, 0.05) is 11.5 Å². The number of nitrogens with zero attached hydrogens (tertiary/aromatic N) is 1. The molecule has 0 atom stereocenters. The minimum absolute atomic E-state index is 0.00106. The van der Waals surface area contributed by atoms with E-state index in [0.29, 0.717) is 11.7 Å². The van der Waals surface area contributed by atoms with Crippen molar-refractivity contribution in [3.05, 3.63) is 41.8 Å². The SMILES string of the molecule is CC(C)c1oc(-c2ccccc2)nc1C(=O)O. The van der Waals surface area contributed by atoms with Crippen molar-refractivity contribution < 1.29 is 14.3 Å². The molecular weight excluding hydrogens is 218 g/mol. The summed E-state index contributed by atoms with van der Waals surface area (Å²) in [5, 5.41) is 9.05. The van der Waals surface area contributed by atoms with Crippen LogP contribution in [0.15, 0.2) is 34.7 Å². The Balaban J connectivity index is 2.51. The van der Waals surface area contributed by atoms with E-state index < -0.39 is 5.97 Å². The van der Waals surface area contributed by atoms with Crippen LogP contribution >= 0.6 is 0 Å². The molecule has 4 nitrogen and oxygen atoms in total. The highest BCUT2D eigenvalue weighted by Crippen LogP contribution is 2.26. The number of benzene rings is 1. The molecule has 0 saturated heterocycles. The summed E-state index contributed by atoms with van der Waals surface area (Å²) in [5.74, 6) is -0.297. The second kappa shape index (κ2) is 4.41. The topological polar surface area (TPSA) is 63.3 Å². The predicted octanol–water partition coefficient (Wildman–Crippen LogP) is 3.16. The Labute approximate surface area is 98.9 Å². The highest BCUT2D eigenvalue weighted by Gasteiger charge is 2.22. The van der Waals surface area contributed by atoms with Crippen molar-refractivity contribution in [1.82, 2.24) is 4.98 Å². The number of oxazole rings is 1. The van der Waals surface area contributed by atoms with E-state index in [2.05, 4.69) is 4.98 Å². The molecule has 0 radical (unpaired) electrons. The summed E-state index contributed by atoms with van der Waals surface area (Å²) in [7, 11) is 0. The third-order valence-electron chi connectivity index (χ3n) is 2.40. The maximum Gasteiger partial charge on any atom is 0.358 e. The summed E-state index contributed by atoms with van der Waals surface area (Å²) in [5.41, 5.74) is 0.778. The number of rotatable bonds is 3. The Morgan fingerprint density at radius 2 is 1.94 bits per heavy atom. The molecule has 17 heavy (non-hydrogen) atoms. The Bertz CT molecular complexity index is 529. The minimum Gasteiger partial charge on any atom is -0.476 e. The first-order valence-electron chi connectivity index (χ1n) is 5.39. The fourth-order valence-electron chi connectivity index (χ4n) is 1.58. The second-order valence-electron chi connectivity index (χ2n) is 4.06. The summed E-state index contributed by atoms with van der Waals surface area (Å²) in [6, 6.07) is 9.26. The van der Waals surface area contributed by atoms with E-state index in [1.807, 2.05) is 44.2 Å². The normalized spacial score (nSPS) is 10.8. The van der Waals surface area contributed by atoms with Gasteiger partial charge in [-0.1, -0.05) is 32.0 Å². The van der Waals surface area contributed by atoms with Crippen molar-refractivity contribution in [2.24, 2.45) is 0 Å². The van der Waals surface area contributed by atoms with Gasteiger partial charge in [-0.05, 0) is 12.1 Å². The average Bonchev–Trinajstić information content (AvgIpc) is 2.75. The van der Waals surface area contributed by atoms with Gasteiger partial charge in [0.25, 0.3) is 0 Å². The second-order valence-corrected chi connectivity index (χ2v) is 4.06. The Morgan fingerprint density at radius 1 is 1.29 bits per heavy atom. The van der Waals surface area contributed by atoms with E-state index in [9.17, 15) is 4.79 Å². The zero-order valence-corrected chi connectivity index (χ0v) is 9.68. The molecule has 88 valence electrons. The van der Waals surface area contributed by atoms with Crippen molar-refractivity contribution >= 4 is 5.97 Å². The van der Waals surface area contributed by atoms with Gasteiger partial charge in [0.05, 0.1) is 0 Å². The van der Waals surface area contributed by atoms with Crippen molar-refractivity contribution in [2.75, 3.05) is 0 Å². The van der Waals surface area contributed by atoms with Gasteiger partial charge in [-0.2, -0.15) is 0 Å². The molecule has 0 aliphatic rings. The number of aromatic nitrogens is 1. The number of hydrogen-bond donors (Lipinski definition) is 1. The number of carboxylic acids is 1. The van der Waals surface area contributed by atoms with E-state index in [1.54, 1.807) is 0 Å². The lowest BCUT2D eigenvalue weighted by Crippen LogP contribution is -2.02. The summed E-state index contributed by atoms with van der Waals surface area (Å²) >= 11 is 0. The Kier molecular flexibility index (Phi) is 2.95. The van der Waals surface area contributed by atoms with E-state index in [-0.39, 0.29) is 11.6 Å². The molecule has 0 aliphatic carbocycles. The Morgan fingerprint density at radius 3 is 2.41 bits per heavy atom. The van der Waals surface area contributed by atoms with Crippen LogP contribution in [0.3, 0.4) is 0 Å². The van der Waals surface area contributed by atoms with Gasteiger partial charge in [-0.25, -0.2) is 9.78 Å². The van der Waals surface area contributed by atoms with Crippen LogP contribution in [0.4, 0.5) is 0 Å². The summed E-state index contributed by atoms with van der Waals surface area (Å²) in [6.07, 6.45) is 0. The molecule has 1 aromatic heterocycles. The van der Waals surface area contributed by atoms with Crippen molar-refractivity contribution in [3.8, 4) is 11.5 Å². The van der Waals surface area contributed by atoms with Crippen molar-refractivity contribution in [2.45, 2.75) is 19.8 Å². The summed E-state index contributed by atoms with van der Waals surface area (Å²) in [6.45, 7) is 3.75. The lowest BCUT2D eigenvalue weighted by atomic mass is 10.1. The molecule has 2 rings (SSSR count). The molecule has 0 aliphatic heterocycles. The molecule has 0 saturated carbocycles. The van der Waals surface area contributed by atoms with Gasteiger partial charge >= 0.3 is 5.97 Å². The average molecular weight is 231 g/mol. The minimum atomic E-state index is -1.06. The van der Waals surface area contributed by atoms with Gasteiger partial charge in [-0.15, -0.1) is 0 Å². The van der Waals surface area contributed by atoms with Crippen LogP contribution in [0.2, 0.25) is 0 Å². The van der Waals surface area contributed by atoms with Crippen LogP contribution in [0, 0.1) is 0 Å². The molecule has 0 bridgehead atoms. The number of carbonyl (C=O) groups is 1. The van der Waals surface area contributed by atoms with Crippen LogP contribution in [0.25, 0.3) is 11.5 Å². The van der Waals surface area contributed by atoms with E-state index in [4.69, 9.17) is 9.52 Å². The third kappa shape index (κ3) is 2.20. The quantitative estimate of drug-likeness (QED) is 0.881. The molecule has 1 heterocycles. The van der Waals surface area contributed by atoms with Crippen LogP contribution in [-0.4, -0.2) is 16.1 Å². The molecule has 0 spiro atoms. The van der Waals surface area contributed by atoms with Gasteiger partial charge in [0.2, 0.25) is 5.89 Å². The monoisotopic (exact) mass is 231 g/mol. The maximum atomic E-state index is 11.0. The molecular formula is C13H13NO3. The van der Waals surface area contributed by atoms with Gasteiger partial charge in [0.1, 0.15) is 5.76 Å². The molecule has 1 aromatic carbocycles. The fraction of sp³-hybridized carbons (Fsp3) is 0.231. The van der Waals surface area contributed by atoms with Crippen molar-refractivity contribution in [3.63, 3.8) is 0 Å². The summed E-state index contributed by atoms with van der Waals surface area (Å²) in [4.78, 5) is 15.1. The Hall–Kier alpha value is -2.10. The van der Waals surface area contributed by atoms with E-state index in [0.717, 1.165) is 5.56 Å². The van der Waals surface area contributed by atoms with Gasteiger partial charge in [-0.3, -0.25) is 0 Å². The van der Waals surface area contributed by atoms with Crippen LogP contribution in [-0.2, 0) is 0 Å². The van der Waals surface area contributed by atoms with Crippen LogP contribution < -0.4 is 0 Å². The smallest absolute Gasteiger partial charge is 0.358 e. The first kappa shape index (κ1) is 11.4. The standard InChI is InChI=1S/C13H13NO3/c1-8(2)11-10(13(15)16)14-12(17-11)9-6-4-3-5-7-9/h3-8H,1-2H3,(H,15,16). The molecule has 2 aromatic rings. The van der Waals surface area contributed by atoms with Gasteiger partial charge in [0.15, 0.2) is 5.69 Å². The fourth-order valence-corrected chi connectivity index (χ4v) is 1.58. The lowest BCUT2D eigenvalue weighted by Gasteiger charge is -1.99. The highest BCUT2D eigenvalue weighted by molar-refractivity contribution is 5.87. The van der Waals surface area contributed by atoms with Crippen molar-refractivity contribution in [1.29, 1.82) is 0 Å². The number of hydrogen-bond acceptors (Lipinski definition) is 3. The summed E-state index contributed by atoms with van der Waals surface area (Å²) < 4.78 is 5.53. The van der Waals surface area contributed by atoms with Crippen LogP contribution in [0.1, 0.15) is 36.0 Å². The molecule has 0 fully saturated rings. The van der Waals surface area contributed by atoms with Gasteiger partial charge < -0.3 is 9.52 Å².